The summed E-state index contributed by atoms with van der Waals surface area (Å²) in [5.41, 5.74) is 2.06. The molecule has 1 atom stereocenters. The van der Waals surface area contributed by atoms with E-state index in [4.69, 9.17) is 0 Å². The van der Waals surface area contributed by atoms with E-state index in [-0.39, 0.29) is 23.3 Å². The molecule has 0 aromatic heterocycles. The van der Waals surface area contributed by atoms with Gasteiger partial charge < -0.3 is 4.90 Å². The quantitative estimate of drug-likeness (QED) is 0.717. The molecule has 0 N–H and O–H groups in total. The zero-order valence-electron chi connectivity index (χ0n) is 16.5. The van der Waals surface area contributed by atoms with Gasteiger partial charge in [0.1, 0.15) is 0 Å². The zero-order valence-corrected chi connectivity index (χ0v) is 17.4. The summed E-state index contributed by atoms with van der Waals surface area (Å²) in [6, 6.07) is 17.1. The smallest absolute Gasteiger partial charge is 0.226 e. The molecule has 1 amide bonds. The fraction of sp³-hybridized carbons (Fsp3) is 0.409. The average Bonchev–Trinajstić information content (AvgIpc) is 3.20. The molecule has 0 saturated carbocycles. The summed E-state index contributed by atoms with van der Waals surface area (Å²) in [7, 11) is -1.37. The van der Waals surface area contributed by atoms with E-state index < -0.39 is 9.84 Å². The normalized spacial score (nSPS) is 16.1. The molecule has 0 bridgehead atoms. The van der Waals surface area contributed by atoms with Crippen LogP contribution in [0, 0.1) is 0 Å². The number of benzene rings is 2. The van der Waals surface area contributed by atoms with Gasteiger partial charge in [0.15, 0.2) is 9.84 Å². The van der Waals surface area contributed by atoms with Gasteiger partial charge in [0, 0.05) is 19.8 Å². The number of carbonyl (C=O) groups excluding carboxylic acids is 1. The van der Waals surface area contributed by atoms with Crippen molar-refractivity contribution in [3.63, 3.8) is 0 Å². The van der Waals surface area contributed by atoms with E-state index in [0.717, 1.165) is 18.7 Å². The molecule has 0 aliphatic carbocycles. The number of nitrogens with zero attached hydrogens (tertiary/aromatic N) is 2. The molecule has 3 rings (SSSR count). The van der Waals surface area contributed by atoms with Crippen LogP contribution in [0.25, 0.3) is 0 Å². The highest BCUT2D eigenvalue weighted by atomic mass is 32.2. The maximum atomic E-state index is 12.8. The highest BCUT2D eigenvalue weighted by molar-refractivity contribution is 7.90. The lowest BCUT2D eigenvalue weighted by Gasteiger charge is -2.32. The topological polar surface area (TPSA) is 57.7 Å². The molecule has 2 aromatic carbocycles. The van der Waals surface area contributed by atoms with Crippen LogP contribution in [-0.4, -0.2) is 57.1 Å². The van der Waals surface area contributed by atoms with Gasteiger partial charge in [-0.25, -0.2) is 8.42 Å². The molecule has 6 heteroatoms. The molecule has 28 heavy (non-hydrogen) atoms. The molecule has 150 valence electrons. The highest BCUT2D eigenvalue weighted by Crippen LogP contribution is 2.26. The number of amides is 1. The van der Waals surface area contributed by atoms with Crippen LogP contribution >= 0.6 is 0 Å². The van der Waals surface area contributed by atoms with Crippen molar-refractivity contribution in [3.05, 3.63) is 65.7 Å². The first kappa shape index (κ1) is 20.6. The van der Waals surface area contributed by atoms with Crippen molar-refractivity contribution in [2.75, 3.05) is 32.9 Å². The molecule has 1 aliphatic rings. The van der Waals surface area contributed by atoms with Crippen LogP contribution < -0.4 is 0 Å². The molecule has 1 unspecified atom stereocenters. The lowest BCUT2D eigenvalue weighted by Crippen LogP contribution is -2.38. The second-order valence-electron chi connectivity index (χ2n) is 7.54. The molecule has 1 saturated heterocycles. The first-order chi connectivity index (χ1) is 13.3. The summed E-state index contributed by atoms with van der Waals surface area (Å²) >= 11 is 0. The van der Waals surface area contributed by atoms with Crippen LogP contribution in [0.5, 0.6) is 0 Å². The Balaban J connectivity index is 1.67. The Kier molecular flexibility index (Phi) is 6.52. The Labute approximate surface area is 167 Å². The van der Waals surface area contributed by atoms with Gasteiger partial charge in [0.05, 0.1) is 17.4 Å². The van der Waals surface area contributed by atoms with E-state index in [0.29, 0.717) is 6.54 Å². The van der Waals surface area contributed by atoms with Crippen molar-refractivity contribution >= 4 is 15.7 Å². The van der Waals surface area contributed by atoms with Gasteiger partial charge in [-0.2, -0.15) is 0 Å². The molecular formula is C22H28N2O3S. The van der Waals surface area contributed by atoms with Crippen LogP contribution in [-0.2, 0) is 21.1 Å². The molecule has 0 radical (unpaired) electrons. The van der Waals surface area contributed by atoms with Crippen molar-refractivity contribution in [1.29, 1.82) is 0 Å². The van der Waals surface area contributed by atoms with Crippen LogP contribution in [0.15, 0.2) is 59.5 Å². The van der Waals surface area contributed by atoms with Gasteiger partial charge >= 0.3 is 0 Å². The second-order valence-corrected chi connectivity index (χ2v) is 9.55. The van der Waals surface area contributed by atoms with E-state index in [1.165, 1.54) is 24.7 Å². The van der Waals surface area contributed by atoms with E-state index in [2.05, 4.69) is 17.0 Å². The molecular weight excluding hydrogens is 372 g/mol. The van der Waals surface area contributed by atoms with Gasteiger partial charge in [-0.15, -0.1) is 0 Å². The number of hydrogen-bond acceptors (Lipinski definition) is 4. The van der Waals surface area contributed by atoms with Crippen LogP contribution in [0.4, 0.5) is 0 Å². The first-order valence-electron chi connectivity index (χ1n) is 9.66. The lowest BCUT2D eigenvalue weighted by atomic mass is 10.0. The van der Waals surface area contributed by atoms with Crippen molar-refractivity contribution < 1.29 is 13.2 Å². The van der Waals surface area contributed by atoms with Gasteiger partial charge in [-0.05, 0) is 49.2 Å². The highest BCUT2D eigenvalue weighted by Gasteiger charge is 2.26. The summed E-state index contributed by atoms with van der Waals surface area (Å²) in [6.07, 6.45) is 3.85. The summed E-state index contributed by atoms with van der Waals surface area (Å²) < 4.78 is 23.2. The summed E-state index contributed by atoms with van der Waals surface area (Å²) in [4.78, 5) is 17.3. The standard InChI is InChI=1S/C22H28N2O3S/c1-23(22(25)16-18-10-12-20(13-11-18)28(2,26)27)17-21(24-14-6-7-15-24)19-8-4-3-5-9-19/h3-5,8-13,21H,6-7,14-17H2,1-2H3. The number of carbonyl (C=O) groups is 1. The predicted octanol–water partition coefficient (Wildman–Crippen LogP) is 2.93. The lowest BCUT2D eigenvalue weighted by molar-refractivity contribution is -0.129. The zero-order chi connectivity index (χ0) is 20.1. The Morgan fingerprint density at radius 2 is 1.64 bits per heavy atom. The second kappa shape index (κ2) is 8.88. The van der Waals surface area contributed by atoms with E-state index in [1.54, 1.807) is 29.2 Å². The summed E-state index contributed by atoms with van der Waals surface area (Å²) in [5, 5.41) is 0. The van der Waals surface area contributed by atoms with Crippen molar-refractivity contribution in [2.45, 2.75) is 30.2 Å². The third kappa shape index (κ3) is 5.20. The Morgan fingerprint density at radius 1 is 1.04 bits per heavy atom. The predicted molar refractivity (Wildman–Crippen MR) is 111 cm³/mol. The molecule has 0 spiro atoms. The summed E-state index contributed by atoms with van der Waals surface area (Å²) in [6.45, 7) is 2.77. The van der Waals surface area contributed by atoms with Crippen molar-refractivity contribution in [3.8, 4) is 0 Å². The van der Waals surface area contributed by atoms with E-state index >= 15 is 0 Å². The first-order valence-corrected chi connectivity index (χ1v) is 11.6. The number of likely N-dealkylation sites (tertiary alicyclic amines) is 1. The molecule has 2 aromatic rings. The van der Waals surface area contributed by atoms with Gasteiger partial charge in [0.25, 0.3) is 0 Å². The monoisotopic (exact) mass is 400 g/mol. The minimum atomic E-state index is -3.22. The molecule has 1 heterocycles. The molecule has 1 aliphatic heterocycles. The summed E-state index contributed by atoms with van der Waals surface area (Å²) in [5.74, 6) is 0.0345. The average molecular weight is 401 g/mol. The maximum absolute atomic E-state index is 12.8. The largest absolute Gasteiger partial charge is 0.344 e. The molecule has 1 fully saturated rings. The number of hydrogen-bond donors (Lipinski definition) is 0. The SMILES string of the molecule is CN(CC(c1ccccc1)N1CCCC1)C(=O)Cc1ccc(S(C)(=O)=O)cc1. The van der Waals surface area contributed by atoms with E-state index in [1.807, 2.05) is 25.2 Å². The van der Waals surface area contributed by atoms with Gasteiger partial charge in [0.2, 0.25) is 5.91 Å². The van der Waals surface area contributed by atoms with Crippen LogP contribution in [0.3, 0.4) is 0 Å². The van der Waals surface area contributed by atoms with Crippen molar-refractivity contribution in [1.82, 2.24) is 9.80 Å². The minimum absolute atomic E-state index is 0.0345. The number of rotatable bonds is 7. The number of sulfone groups is 1. The third-order valence-corrected chi connectivity index (χ3v) is 6.47. The van der Waals surface area contributed by atoms with Crippen LogP contribution in [0.1, 0.15) is 30.0 Å². The van der Waals surface area contributed by atoms with Crippen molar-refractivity contribution in [2.24, 2.45) is 0 Å². The fourth-order valence-electron chi connectivity index (χ4n) is 3.69. The Hall–Kier alpha value is -2.18. The number of likely N-dealkylation sites (N-methyl/N-ethyl adjacent to an activating group) is 1. The fourth-order valence-corrected chi connectivity index (χ4v) is 4.32. The Morgan fingerprint density at radius 3 is 2.21 bits per heavy atom. The minimum Gasteiger partial charge on any atom is -0.344 e. The van der Waals surface area contributed by atoms with E-state index in [9.17, 15) is 13.2 Å². The van der Waals surface area contributed by atoms with Gasteiger partial charge in [-0.3, -0.25) is 9.69 Å². The molecule has 5 nitrogen and oxygen atoms in total. The Bertz CT molecular complexity index is 889. The maximum Gasteiger partial charge on any atom is 0.226 e. The van der Waals surface area contributed by atoms with Gasteiger partial charge in [-0.1, -0.05) is 42.5 Å². The van der Waals surface area contributed by atoms with Crippen LogP contribution in [0.2, 0.25) is 0 Å². The third-order valence-electron chi connectivity index (χ3n) is 5.35.